The molecule has 5 heteroatoms. The summed E-state index contributed by atoms with van der Waals surface area (Å²) in [5.41, 5.74) is 2.72. The minimum Gasteiger partial charge on any atom is -0.489 e. The van der Waals surface area contributed by atoms with Crippen molar-refractivity contribution in [2.24, 2.45) is 7.05 Å². The maximum absolute atomic E-state index is 13.0. The van der Waals surface area contributed by atoms with E-state index in [-0.39, 0.29) is 17.4 Å². The molecular formula is C25H29NO4. The number of ether oxygens (including phenoxy) is 3. The van der Waals surface area contributed by atoms with E-state index in [1.165, 1.54) is 0 Å². The first-order valence-electron chi connectivity index (χ1n) is 10.1. The highest BCUT2D eigenvalue weighted by Crippen LogP contribution is 2.35. The Balaban J connectivity index is 2.02. The highest BCUT2D eigenvalue weighted by Gasteiger charge is 2.19. The van der Waals surface area contributed by atoms with Gasteiger partial charge in [0, 0.05) is 18.5 Å². The average molecular weight is 408 g/mol. The Bertz CT molecular complexity index is 1090. The molecule has 3 aromatic rings. The second-order valence-electron chi connectivity index (χ2n) is 7.73. The molecule has 0 saturated carbocycles. The van der Waals surface area contributed by atoms with Crippen LogP contribution in [0.2, 0.25) is 0 Å². The van der Waals surface area contributed by atoms with Gasteiger partial charge >= 0.3 is 0 Å². The zero-order valence-corrected chi connectivity index (χ0v) is 18.3. The van der Waals surface area contributed by atoms with E-state index in [0.717, 1.165) is 22.0 Å². The van der Waals surface area contributed by atoms with Crippen molar-refractivity contribution < 1.29 is 14.2 Å². The summed E-state index contributed by atoms with van der Waals surface area (Å²) in [6, 6.07) is 15.6. The molecule has 30 heavy (non-hydrogen) atoms. The van der Waals surface area contributed by atoms with Crippen LogP contribution in [0.1, 0.15) is 33.3 Å². The number of aryl methyl sites for hydroxylation is 1. The fourth-order valence-corrected chi connectivity index (χ4v) is 3.07. The first-order valence-corrected chi connectivity index (χ1v) is 10.1. The molecule has 5 nitrogen and oxygen atoms in total. The third-order valence-corrected chi connectivity index (χ3v) is 4.60. The van der Waals surface area contributed by atoms with Crippen molar-refractivity contribution >= 4 is 10.9 Å². The van der Waals surface area contributed by atoms with Crippen molar-refractivity contribution in [3.05, 3.63) is 76.1 Å². The van der Waals surface area contributed by atoms with Gasteiger partial charge in [0.05, 0.1) is 11.6 Å². The fraction of sp³-hybridized carbons (Fsp3) is 0.320. The molecule has 158 valence electrons. The Labute approximate surface area is 177 Å². The van der Waals surface area contributed by atoms with Gasteiger partial charge < -0.3 is 18.8 Å². The van der Waals surface area contributed by atoms with E-state index in [2.05, 4.69) is 0 Å². The predicted octanol–water partition coefficient (Wildman–Crippen LogP) is 5.25. The van der Waals surface area contributed by atoms with Crippen LogP contribution in [0.15, 0.2) is 65.0 Å². The summed E-state index contributed by atoms with van der Waals surface area (Å²) in [6.07, 6.45) is 1.83. The van der Waals surface area contributed by atoms with E-state index in [1.54, 1.807) is 11.6 Å². The number of hydrogen-bond acceptors (Lipinski definition) is 4. The second-order valence-corrected chi connectivity index (χ2v) is 7.73. The minimum absolute atomic E-state index is 0.144. The fourth-order valence-electron chi connectivity index (χ4n) is 3.07. The number of aromatic nitrogens is 1. The Morgan fingerprint density at radius 2 is 1.77 bits per heavy atom. The van der Waals surface area contributed by atoms with E-state index in [9.17, 15) is 4.79 Å². The van der Waals surface area contributed by atoms with E-state index in [0.29, 0.717) is 24.7 Å². The van der Waals surface area contributed by atoms with Crippen LogP contribution in [-0.2, 0) is 13.7 Å². The highest BCUT2D eigenvalue weighted by atomic mass is 16.5. The maximum atomic E-state index is 13.0. The molecule has 0 amide bonds. The molecule has 0 aliphatic heterocycles. The molecule has 0 aliphatic carbocycles. The summed E-state index contributed by atoms with van der Waals surface area (Å²) < 4.78 is 19.4. The summed E-state index contributed by atoms with van der Waals surface area (Å²) in [5.74, 6) is 1.39. The van der Waals surface area contributed by atoms with Crippen LogP contribution < -0.4 is 19.8 Å². The van der Waals surface area contributed by atoms with Crippen LogP contribution in [0, 0.1) is 0 Å². The van der Waals surface area contributed by atoms with Crippen molar-refractivity contribution in [2.45, 2.75) is 40.4 Å². The molecule has 0 fully saturated rings. The molecule has 0 atom stereocenters. The van der Waals surface area contributed by atoms with Gasteiger partial charge in [0.15, 0.2) is 5.75 Å². The van der Waals surface area contributed by atoms with Gasteiger partial charge in [-0.15, -0.1) is 0 Å². The summed E-state index contributed by atoms with van der Waals surface area (Å²) in [5, 5.41) is 0.807. The normalized spacial score (nSPS) is 10.9. The van der Waals surface area contributed by atoms with Crippen LogP contribution in [-0.4, -0.2) is 17.3 Å². The van der Waals surface area contributed by atoms with Crippen LogP contribution in [0.5, 0.6) is 17.2 Å². The standard InChI is InChI=1S/C25H29NO4/c1-17(2)13-14-28-23-21-12-11-20(29-16-19-9-7-6-8-10-19)15-22(21)26(5)25(27)24(23)30-18(3)4/h6-13,15,18H,14,16H2,1-5H3. The first kappa shape index (κ1) is 21.5. The average Bonchev–Trinajstić information content (AvgIpc) is 2.72. The minimum atomic E-state index is -0.233. The molecule has 1 aromatic heterocycles. The van der Waals surface area contributed by atoms with E-state index in [4.69, 9.17) is 14.2 Å². The third-order valence-electron chi connectivity index (χ3n) is 4.60. The van der Waals surface area contributed by atoms with Gasteiger partial charge in [0.1, 0.15) is 19.0 Å². The molecule has 0 radical (unpaired) electrons. The molecule has 0 spiro atoms. The predicted molar refractivity (Wildman–Crippen MR) is 121 cm³/mol. The van der Waals surface area contributed by atoms with Gasteiger partial charge in [-0.2, -0.15) is 0 Å². The molecule has 0 unspecified atom stereocenters. The zero-order chi connectivity index (χ0) is 21.7. The van der Waals surface area contributed by atoms with Gasteiger partial charge in [-0.05, 0) is 51.5 Å². The Hall–Kier alpha value is -3.21. The van der Waals surface area contributed by atoms with E-state index in [1.807, 2.05) is 82.3 Å². The quantitative estimate of drug-likeness (QED) is 0.479. The molecule has 2 aromatic carbocycles. The largest absolute Gasteiger partial charge is 0.489 e. The highest BCUT2D eigenvalue weighted by molar-refractivity contribution is 5.89. The third kappa shape index (κ3) is 5.03. The molecule has 0 bridgehead atoms. The van der Waals surface area contributed by atoms with Gasteiger partial charge in [-0.25, -0.2) is 0 Å². The lowest BCUT2D eigenvalue weighted by Gasteiger charge is -2.18. The van der Waals surface area contributed by atoms with Crippen molar-refractivity contribution in [2.75, 3.05) is 6.61 Å². The van der Waals surface area contributed by atoms with Gasteiger partial charge in [0.25, 0.3) is 5.56 Å². The Morgan fingerprint density at radius 1 is 1.03 bits per heavy atom. The monoisotopic (exact) mass is 407 g/mol. The van der Waals surface area contributed by atoms with Gasteiger partial charge in [-0.1, -0.05) is 35.9 Å². The Morgan fingerprint density at radius 3 is 2.43 bits per heavy atom. The van der Waals surface area contributed by atoms with Gasteiger partial charge in [-0.3, -0.25) is 4.79 Å². The summed E-state index contributed by atoms with van der Waals surface area (Å²) in [4.78, 5) is 13.0. The number of rotatable bonds is 8. The van der Waals surface area contributed by atoms with Crippen LogP contribution in [0.3, 0.4) is 0 Å². The smallest absolute Gasteiger partial charge is 0.297 e. The van der Waals surface area contributed by atoms with Crippen molar-refractivity contribution in [1.82, 2.24) is 4.57 Å². The van der Waals surface area contributed by atoms with Crippen LogP contribution >= 0.6 is 0 Å². The van der Waals surface area contributed by atoms with Crippen molar-refractivity contribution in [3.8, 4) is 17.2 Å². The van der Waals surface area contributed by atoms with E-state index >= 15 is 0 Å². The van der Waals surface area contributed by atoms with Crippen LogP contribution in [0.25, 0.3) is 10.9 Å². The number of pyridine rings is 1. The first-order chi connectivity index (χ1) is 14.4. The van der Waals surface area contributed by atoms with Crippen molar-refractivity contribution in [3.63, 3.8) is 0 Å². The summed E-state index contributed by atoms with van der Waals surface area (Å²) in [7, 11) is 1.73. The molecule has 0 N–H and O–H groups in total. The Kier molecular flexibility index (Phi) is 6.83. The number of hydrogen-bond donors (Lipinski definition) is 0. The SMILES string of the molecule is CC(C)=CCOc1c(OC(C)C)c(=O)n(C)c2cc(OCc3ccccc3)ccc12. The lowest BCUT2D eigenvalue weighted by Crippen LogP contribution is -2.23. The molecule has 1 heterocycles. The maximum Gasteiger partial charge on any atom is 0.297 e. The number of benzene rings is 2. The molecular weight excluding hydrogens is 378 g/mol. The summed E-state index contributed by atoms with van der Waals surface area (Å²) >= 11 is 0. The molecule has 0 saturated heterocycles. The second kappa shape index (κ2) is 9.53. The zero-order valence-electron chi connectivity index (χ0n) is 18.3. The van der Waals surface area contributed by atoms with Crippen molar-refractivity contribution in [1.29, 1.82) is 0 Å². The summed E-state index contributed by atoms with van der Waals surface area (Å²) in [6.45, 7) is 8.62. The van der Waals surface area contributed by atoms with Gasteiger partial charge in [0.2, 0.25) is 5.75 Å². The number of nitrogens with zero attached hydrogens (tertiary/aromatic N) is 1. The topological polar surface area (TPSA) is 49.7 Å². The lowest BCUT2D eigenvalue weighted by molar-refractivity contribution is 0.222. The van der Waals surface area contributed by atoms with Crippen LogP contribution in [0.4, 0.5) is 0 Å². The number of fused-ring (bicyclic) bond motifs is 1. The number of allylic oxidation sites excluding steroid dienone is 1. The molecule has 3 rings (SSSR count). The lowest BCUT2D eigenvalue weighted by atomic mass is 10.1. The molecule has 0 aliphatic rings. The van der Waals surface area contributed by atoms with E-state index < -0.39 is 0 Å².